The van der Waals surface area contributed by atoms with Crippen molar-refractivity contribution in [3.63, 3.8) is 0 Å². The summed E-state index contributed by atoms with van der Waals surface area (Å²) in [5.41, 5.74) is 3.14. The second-order valence-electron chi connectivity index (χ2n) is 3.35. The number of hydrogen-bond acceptors (Lipinski definition) is 3. The Morgan fingerprint density at radius 1 is 1.67 bits per heavy atom. The number of Topliss-reactive ketones (excluding diaryl/α,β-unsaturated/α-hetero) is 1. The van der Waals surface area contributed by atoms with Gasteiger partial charge in [0, 0.05) is 25.4 Å². The molecule has 1 heterocycles. The predicted octanol–water partition coefficient (Wildman–Crippen LogP) is 0.954. The highest BCUT2D eigenvalue weighted by Gasteiger charge is 2.24. The maximum atomic E-state index is 11.2. The molecule has 1 saturated heterocycles. The number of ketones is 1. The Morgan fingerprint density at radius 3 is 3.00 bits per heavy atom. The lowest BCUT2D eigenvalue weighted by atomic mass is 9.99. The molecule has 1 atom stereocenters. The van der Waals surface area contributed by atoms with Crippen LogP contribution in [-0.2, 0) is 4.79 Å². The lowest BCUT2D eigenvalue weighted by molar-refractivity contribution is -0.124. The molecule has 0 aliphatic carbocycles. The first kappa shape index (κ1) is 9.68. The molecule has 0 amide bonds. The van der Waals surface area contributed by atoms with E-state index in [1.807, 2.05) is 7.05 Å². The monoisotopic (exact) mass is 170 g/mol. The van der Waals surface area contributed by atoms with Gasteiger partial charge in [-0.25, -0.2) is 5.01 Å². The number of nitrogens with one attached hydrogen (secondary N) is 1. The summed E-state index contributed by atoms with van der Waals surface area (Å²) in [6, 6.07) is 0.432. The zero-order valence-electron chi connectivity index (χ0n) is 7.97. The summed E-state index contributed by atoms with van der Waals surface area (Å²) in [4.78, 5) is 11.2. The lowest BCUT2D eigenvalue weighted by Crippen LogP contribution is -2.49. The quantitative estimate of drug-likeness (QED) is 0.684. The van der Waals surface area contributed by atoms with Gasteiger partial charge in [-0.1, -0.05) is 13.3 Å². The number of carbonyl (C=O) groups excluding carboxylic acids is 1. The zero-order chi connectivity index (χ0) is 8.97. The molecule has 0 aromatic rings. The van der Waals surface area contributed by atoms with Crippen LogP contribution in [0.3, 0.4) is 0 Å². The van der Waals surface area contributed by atoms with Crippen LogP contribution >= 0.6 is 0 Å². The van der Waals surface area contributed by atoms with Gasteiger partial charge in [0.1, 0.15) is 5.78 Å². The van der Waals surface area contributed by atoms with Gasteiger partial charge >= 0.3 is 0 Å². The molecule has 1 unspecified atom stereocenters. The van der Waals surface area contributed by atoms with E-state index in [2.05, 4.69) is 17.4 Å². The van der Waals surface area contributed by atoms with Crippen LogP contribution in [0.15, 0.2) is 0 Å². The van der Waals surface area contributed by atoms with Crippen molar-refractivity contribution >= 4 is 5.78 Å². The van der Waals surface area contributed by atoms with Crippen molar-refractivity contribution in [3.05, 3.63) is 0 Å². The van der Waals surface area contributed by atoms with Gasteiger partial charge in [0.2, 0.25) is 0 Å². The van der Waals surface area contributed by atoms with Crippen LogP contribution in [-0.4, -0.2) is 30.4 Å². The molecule has 1 aliphatic rings. The molecular weight excluding hydrogens is 152 g/mol. The molecule has 0 radical (unpaired) electrons. The van der Waals surface area contributed by atoms with E-state index in [0.717, 1.165) is 25.8 Å². The molecule has 0 spiro atoms. The molecule has 0 aromatic heterocycles. The van der Waals surface area contributed by atoms with E-state index in [0.29, 0.717) is 18.2 Å². The van der Waals surface area contributed by atoms with Crippen molar-refractivity contribution in [1.82, 2.24) is 10.4 Å². The number of piperidine rings is 1. The zero-order valence-corrected chi connectivity index (χ0v) is 7.97. The van der Waals surface area contributed by atoms with Crippen LogP contribution in [0.2, 0.25) is 0 Å². The van der Waals surface area contributed by atoms with E-state index in [4.69, 9.17) is 0 Å². The summed E-state index contributed by atoms with van der Waals surface area (Å²) in [6.07, 6.45) is 3.71. The van der Waals surface area contributed by atoms with Crippen molar-refractivity contribution in [2.24, 2.45) is 0 Å². The number of nitrogens with zero attached hydrogens (tertiary/aromatic N) is 1. The molecule has 1 aliphatic heterocycles. The summed E-state index contributed by atoms with van der Waals surface area (Å²) in [6.45, 7) is 3.03. The molecule has 3 heteroatoms. The third kappa shape index (κ3) is 2.29. The molecular formula is C9H18N2O. The van der Waals surface area contributed by atoms with E-state index in [-0.39, 0.29) is 0 Å². The number of hydrogen-bond donors (Lipinski definition) is 1. The molecule has 0 bridgehead atoms. The van der Waals surface area contributed by atoms with Gasteiger partial charge < -0.3 is 0 Å². The molecule has 1 rings (SSSR count). The van der Waals surface area contributed by atoms with Gasteiger partial charge in [-0.3, -0.25) is 10.2 Å². The number of hydrazine groups is 1. The average Bonchev–Trinajstić information content (AvgIpc) is 2.05. The Labute approximate surface area is 74.1 Å². The standard InChI is InChI=1S/C9H18N2O/c1-3-4-8-7-9(12)5-6-11(8)10-2/h8,10H,3-7H2,1-2H3. The minimum absolute atomic E-state index is 0.417. The number of rotatable bonds is 3. The molecule has 1 fully saturated rings. The van der Waals surface area contributed by atoms with Gasteiger partial charge in [-0.2, -0.15) is 0 Å². The Balaban J connectivity index is 2.45. The fraction of sp³-hybridized carbons (Fsp3) is 0.889. The highest BCUT2D eigenvalue weighted by atomic mass is 16.1. The van der Waals surface area contributed by atoms with E-state index in [9.17, 15) is 4.79 Å². The summed E-state index contributed by atoms with van der Waals surface area (Å²) in [5, 5.41) is 2.19. The van der Waals surface area contributed by atoms with E-state index in [1.54, 1.807) is 0 Å². The first-order chi connectivity index (χ1) is 5.77. The van der Waals surface area contributed by atoms with Crippen LogP contribution in [0, 0.1) is 0 Å². The van der Waals surface area contributed by atoms with Crippen LogP contribution in [0.1, 0.15) is 32.6 Å². The van der Waals surface area contributed by atoms with Crippen LogP contribution < -0.4 is 5.43 Å². The topological polar surface area (TPSA) is 32.3 Å². The maximum absolute atomic E-state index is 11.2. The van der Waals surface area contributed by atoms with Crippen LogP contribution in [0.5, 0.6) is 0 Å². The minimum Gasteiger partial charge on any atom is -0.300 e. The maximum Gasteiger partial charge on any atom is 0.135 e. The van der Waals surface area contributed by atoms with Gasteiger partial charge in [-0.05, 0) is 13.5 Å². The SMILES string of the molecule is CCCC1CC(=O)CCN1NC. The van der Waals surface area contributed by atoms with Crippen molar-refractivity contribution in [2.75, 3.05) is 13.6 Å². The summed E-state index contributed by atoms with van der Waals surface area (Å²) < 4.78 is 0. The molecule has 70 valence electrons. The third-order valence-electron chi connectivity index (χ3n) is 2.44. The second kappa shape index (κ2) is 4.58. The van der Waals surface area contributed by atoms with Crippen molar-refractivity contribution in [1.29, 1.82) is 0 Å². The Kier molecular flexibility index (Phi) is 3.69. The Hall–Kier alpha value is -0.410. The number of carbonyl (C=O) groups is 1. The van der Waals surface area contributed by atoms with Crippen molar-refractivity contribution in [2.45, 2.75) is 38.6 Å². The highest BCUT2D eigenvalue weighted by molar-refractivity contribution is 5.79. The first-order valence-electron chi connectivity index (χ1n) is 4.73. The molecule has 1 N–H and O–H groups in total. The van der Waals surface area contributed by atoms with E-state index >= 15 is 0 Å². The fourth-order valence-corrected chi connectivity index (χ4v) is 1.79. The van der Waals surface area contributed by atoms with E-state index in [1.165, 1.54) is 0 Å². The first-order valence-corrected chi connectivity index (χ1v) is 4.73. The molecule has 0 saturated carbocycles. The minimum atomic E-state index is 0.417. The van der Waals surface area contributed by atoms with Crippen molar-refractivity contribution < 1.29 is 4.79 Å². The predicted molar refractivity (Wildman–Crippen MR) is 48.7 cm³/mol. The van der Waals surface area contributed by atoms with Crippen LogP contribution in [0.4, 0.5) is 0 Å². The summed E-state index contributed by atoms with van der Waals surface area (Å²) in [7, 11) is 1.93. The van der Waals surface area contributed by atoms with Crippen LogP contribution in [0.25, 0.3) is 0 Å². The van der Waals surface area contributed by atoms with Gasteiger partial charge in [0.15, 0.2) is 0 Å². The van der Waals surface area contributed by atoms with E-state index < -0.39 is 0 Å². The highest BCUT2D eigenvalue weighted by Crippen LogP contribution is 2.15. The lowest BCUT2D eigenvalue weighted by Gasteiger charge is -2.33. The summed E-state index contributed by atoms with van der Waals surface area (Å²) in [5.74, 6) is 0.417. The van der Waals surface area contributed by atoms with Gasteiger partial charge in [-0.15, -0.1) is 0 Å². The molecule has 12 heavy (non-hydrogen) atoms. The second-order valence-corrected chi connectivity index (χ2v) is 3.35. The molecule has 0 aromatic carbocycles. The normalized spacial score (nSPS) is 26.2. The molecule has 3 nitrogen and oxygen atoms in total. The Morgan fingerprint density at radius 2 is 2.42 bits per heavy atom. The smallest absolute Gasteiger partial charge is 0.135 e. The summed E-state index contributed by atoms with van der Waals surface area (Å²) >= 11 is 0. The fourth-order valence-electron chi connectivity index (χ4n) is 1.79. The largest absolute Gasteiger partial charge is 0.300 e. The van der Waals surface area contributed by atoms with Gasteiger partial charge in [0.05, 0.1) is 0 Å². The Bertz CT molecular complexity index is 159. The third-order valence-corrected chi connectivity index (χ3v) is 2.44. The average molecular weight is 170 g/mol. The van der Waals surface area contributed by atoms with Crippen molar-refractivity contribution in [3.8, 4) is 0 Å². The van der Waals surface area contributed by atoms with Gasteiger partial charge in [0.25, 0.3) is 0 Å².